The van der Waals surface area contributed by atoms with Gasteiger partial charge in [0.15, 0.2) is 0 Å². The fourth-order valence-corrected chi connectivity index (χ4v) is 3.02. The summed E-state index contributed by atoms with van der Waals surface area (Å²) >= 11 is 0. The molecule has 0 aliphatic rings. The summed E-state index contributed by atoms with van der Waals surface area (Å²) < 4.78 is 17.6. The zero-order chi connectivity index (χ0) is 22.0. The minimum absolute atomic E-state index is 0.275. The number of methoxy groups -OCH3 is 1. The van der Waals surface area contributed by atoms with Crippen LogP contribution in [0.25, 0.3) is 10.9 Å². The molecule has 0 saturated heterocycles. The van der Waals surface area contributed by atoms with Gasteiger partial charge in [-0.15, -0.1) is 5.10 Å². The van der Waals surface area contributed by atoms with E-state index in [0.717, 1.165) is 22.4 Å². The topological polar surface area (TPSA) is 104 Å². The second kappa shape index (κ2) is 8.10. The third kappa shape index (κ3) is 4.82. The van der Waals surface area contributed by atoms with Crippen LogP contribution in [0.2, 0.25) is 0 Å². The van der Waals surface area contributed by atoms with Crippen molar-refractivity contribution < 1.29 is 18.7 Å². The van der Waals surface area contributed by atoms with E-state index in [9.17, 15) is 4.79 Å². The smallest absolute Gasteiger partial charge is 0.435 e. The van der Waals surface area contributed by atoms with E-state index < -0.39 is 11.7 Å². The van der Waals surface area contributed by atoms with Crippen LogP contribution in [0, 0.1) is 0 Å². The average Bonchev–Trinajstić information content (AvgIpc) is 3.33. The maximum absolute atomic E-state index is 12.3. The lowest BCUT2D eigenvalue weighted by Gasteiger charge is -2.19. The van der Waals surface area contributed by atoms with E-state index >= 15 is 0 Å². The molecule has 0 amide bonds. The molecule has 0 spiro atoms. The Bertz CT molecular complexity index is 1220. The summed E-state index contributed by atoms with van der Waals surface area (Å²) in [5.41, 5.74) is 1.78. The summed E-state index contributed by atoms with van der Waals surface area (Å²) in [6, 6.07) is 13.4. The molecule has 9 heteroatoms. The monoisotopic (exact) mass is 421 g/mol. The summed E-state index contributed by atoms with van der Waals surface area (Å²) in [5, 5.41) is 16.1. The number of carbonyl (C=O) groups is 1. The molecule has 0 bridgehead atoms. The maximum atomic E-state index is 12.3. The molecule has 2 heterocycles. The summed E-state index contributed by atoms with van der Waals surface area (Å²) in [7, 11) is 1.63. The summed E-state index contributed by atoms with van der Waals surface area (Å²) in [6.45, 7) is 5.43. The minimum Gasteiger partial charge on any atom is -0.497 e. The lowest BCUT2D eigenvalue weighted by molar-refractivity contribution is 0.0522. The lowest BCUT2D eigenvalue weighted by atomic mass is 10.1. The Kier molecular flexibility index (Phi) is 5.33. The highest BCUT2D eigenvalue weighted by molar-refractivity contribution is 5.90. The number of nitrogens with one attached hydrogen (secondary N) is 1. The minimum atomic E-state index is -0.600. The molecule has 1 N–H and O–H groups in total. The molecule has 0 aliphatic carbocycles. The van der Waals surface area contributed by atoms with E-state index in [-0.39, 0.29) is 6.01 Å². The Morgan fingerprint density at radius 1 is 1.16 bits per heavy atom. The van der Waals surface area contributed by atoms with Gasteiger partial charge in [-0.05, 0) is 56.7 Å². The number of hydrogen-bond donors (Lipinski definition) is 1. The summed E-state index contributed by atoms with van der Waals surface area (Å²) in [4.78, 5) is 12.3. The number of anilines is 2. The number of carbonyl (C=O) groups excluding carboxylic acids is 1. The molecule has 2 aromatic heterocycles. The van der Waals surface area contributed by atoms with Gasteiger partial charge in [0.1, 0.15) is 11.4 Å². The van der Waals surface area contributed by atoms with Crippen molar-refractivity contribution >= 4 is 28.7 Å². The maximum Gasteiger partial charge on any atom is 0.435 e. The van der Waals surface area contributed by atoms with Gasteiger partial charge in [0.25, 0.3) is 0 Å². The molecule has 0 radical (unpaired) electrons. The van der Waals surface area contributed by atoms with Crippen LogP contribution in [0.1, 0.15) is 32.2 Å². The standard InChI is InChI=1S/C22H23N5O4/c1-22(2,3)31-21(28)27-18-9-8-16(12-15(18)13-23-27)24-20-26-25-19(30-20)11-14-6-5-7-17(10-14)29-4/h5-10,12-13H,11H2,1-4H3,(H,24,26). The Labute approximate surface area is 179 Å². The van der Waals surface area contributed by atoms with Crippen molar-refractivity contribution in [3.63, 3.8) is 0 Å². The van der Waals surface area contributed by atoms with Crippen molar-refractivity contribution in [2.45, 2.75) is 32.8 Å². The number of ether oxygens (including phenoxy) is 2. The number of rotatable bonds is 5. The van der Waals surface area contributed by atoms with E-state index in [0.29, 0.717) is 17.8 Å². The molecular formula is C22H23N5O4. The van der Waals surface area contributed by atoms with Crippen LogP contribution in [-0.4, -0.2) is 38.8 Å². The van der Waals surface area contributed by atoms with Crippen molar-refractivity contribution in [3.8, 4) is 5.75 Å². The van der Waals surface area contributed by atoms with Gasteiger partial charge in [0, 0.05) is 11.1 Å². The van der Waals surface area contributed by atoms with Crippen molar-refractivity contribution in [1.29, 1.82) is 0 Å². The molecular weight excluding hydrogens is 398 g/mol. The largest absolute Gasteiger partial charge is 0.497 e. The van der Waals surface area contributed by atoms with Crippen molar-refractivity contribution in [3.05, 3.63) is 60.1 Å². The molecule has 9 nitrogen and oxygen atoms in total. The Balaban J connectivity index is 1.47. The molecule has 0 saturated carbocycles. The highest BCUT2D eigenvalue weighted by Gasteiger charge is 2.20. The van der Waals surface area contributed by atoms with Crippen molar-refractivity contribution in [2.75, 3.05) is 12.4 Å². The molecule has 0 atom stereocenters. The second-order valence-electron chi connectivity index (χ2n) is 7.96. The van der Waals surface area contributed by atoms with E-state index in [1.54, 1.807) is 25.4 Å². The van der Waals surface area contributed by atoms with E-state index in [1.165, 1.54) is 4.68 Å². The molecule has 160 valence electrons. The van der Waals surface area contributed by atoms with Crippen LogP contribution in [0.4, 0.5) is 16.5 Å². The van der Waals surface area contributed by atoms with Gasteiger partial charge in [0.05, 0.1) is 25.2 Å². The number of fused-ring (bicyclic) bond motifs is 1. The summed E-state index contributed by atoms with van der Waals surface area (Å²) in [6.07, 6.45) is 1.57. The first kappa shape index (κ1) is 20.4. The SMILES string of the molecule is COc1cccc(Cc2nnc(Nc3ccc4c(cnn4C(=O)OC(C)(C)C)c3)o2)c1. The zero-order valence-corrected chi connectivity index (χ0v) is 17.7. The fourth-order valence-electron chi connectivity index (χ4n) is 3.02. The van der Waals surface area contributed by atoms with E-state index in [1.807, 2.05) is 51.1 Å². The number of hydrogen-bond acceptors (Lipinski definition) is 8. The highest BCUT2D eigenvalue weighted by atomic mass is 16.6. The number of nitrogens with zero attached hydrogens (tertiary/aromatic N) is 4. The number of aromatic nitrogens is 4. The lowest BCUT2D eigenvalue weighted by Crippen LogP contribution is -2.27. The third-order valence-corrected chi connectivity index (χ3v) is 4.34. The number of benzene rings is 2. The predicted molar refractivity (Wildman–Crippen MR) is 115 cm³/mol. The molecule has 0 unspecified atom stereocenters. The van der Waals surface area contributed by atoms with Crippen LogP contribution in [0.15, 0.2) is 53.1 Å². The van der Waals surface area contributed by atoms with Gasteiger partial charge in [-0.2, -0.15) is 9.78 Å². The van der Waals surface area contributed by atoms with Crippen molar-refractivity contribution in [1.82, 2.24) is 20.0 Å². The highest BCUT2D eigenvalue weighted by Crippen LogP contribution is 2.23. The predicted octanol–water partition coefficient (Wildman–Crippen LogP) is 4.55. The quantitative estimate of drug-likeness (QED) is 0.501. The molecule has 0 aliphatic heterocycles. The third-order valence-electron chi connectivity index (χ3n) is 4.34. The van der Waals surface area contributed by atoms with Gasteiger partial charge in [-0.25, -0.2) is 4.79 Å². The van der Waals surface area contributed by atoms with E-state index in [2.05, 4.69) is 20.6 Å². The first-order valence-electron chi connectivity index (χ1n) is 9.74. The first-order valence-corrected chi connectivity index (χ1v) is 9.74. The van der Waals surface area contributed by atoms with Gasteiger partial charge in [-0.3, -0.25) is 0 Å². The molecule has 2 aromatic carbocycles. The molecule has 0 fully saturated rings. The van der Waals surface area contributed by atoms with Gasteiger partial charge in [-0.1, -0.05) is 17.2 Å². The van der Waals surface area contributed by atoms with Crippen LogP contribution in [-0.2, 0) is 11.2 Å². The van der Waals surface area contributed by atoms with Gasteiger partial charge < -0.3 is 19.2 Å². The molecule has 31 heavy (non-hydrogen) atoms. The Morgan fingerprint density at radius 2 is 2.00 bits per heavy atom. The van der Waals surface area contributed by atoms with Crippen molar-refractivity contribution in [2.24, 2.45) is 0 Å². The van der Waals surface area contributed by atoms with Crippen LogP contribution >= 0.6 is 0 Å². The fraction of sp³-hybridized carbons (Fsp3) is 0.273. The van der Waals surface area contributed by atoms with Crippen LogP contribution in [0.5, 0.6) is 5.75 Å². The van der Waals surface area contributed by atoms with Crippen LogP contribution in [0.3, 0.4) is 0 Å². The Morgan fingerprint density at radius 3 is 2.77 bits per heavy atom. The van der Waals surface area contributed by atoms with Gasteiger partial charge in [0.2, 0.25) is 5.89 Å². The molecule has 4 aromatic rings. The first-order chi connectivity index (χ1) is 14.8. The van der Waals surface area contributed by atoms with Crippen LogP contribution < -0.4 is 10.1 Å². The van der Waals surface area contributed by atoms with E-state index in [4.69, 9.17) is 13.9 Å². The zero-order valence-electron chi connectivity index (χ0n) is 17.7. The summed E-state index contributed by atoms with van der Waals surface area (Å²) in [5.74, 6) is 1.25. The Hall–Kier alpha value is -3.88. The molecule has 4 rings (SSSR count). The average molecular weight is 421 g/mol. The second-order valence-corrected chi connectivity index (χ2v) is 7.96. The normalized spacial score (nSPS) is 11.5. The van der Waals surface area contributed by atoms with Gasteiger partial charge >= 0.3 is 12.1 Å².